The van der Waals surface area contributed by atoms with Gasteiger partial charge in [0.2, 0.25) is 0 Å². The molecule has 0 amide bonds. The summed E-state index contributed by atoms with van der Waals surface area (Å²) in [7, 11) is 0. The number of halogens is 1. The Morgan fingerprint density at radius 3 is 2.79 bits per heavy atom. The minimum Gasteiger partial charge on any atom is -0.294 e. The van der Waals surface area contributed by atoms with E-state index in [2.05, 4.69) is 38.1 Å². The van der Waals surface area contributed by atoms with Crippen LogP contribution in [-0.4, -0.2) is 10.8 Å². The summed E-state index contributed by atoms with van der Waals surface area (Å²) in [5.74, 6) is 0.125. The topological polar surface area (TPSA) is 30.0 Å². The first-order valence-electron chi connectivity index (χ1n) is 9.83. The fraction of sp³-hybridized carbons (Fsp3) is 0.280. The molecule has 1 unspecified atom stereocenters. The summed E-state index contributed by atoms with van der Waals surface area (Å²) in [6.07, 6.45) is 6.58. The number of aromatic nitrogens is 1. The summed E-state index contributed by atoms with van der Waals surface area (Å²) in [5.41, 5.74) is 3.82. The van der Waals surface area contributed by atoms with Gasteiger partial charge in [-0.1, -0.05) is 44.2 Å². The van der Waals surface area contributed by atoms with Crippen LogP contribution >= 0.6 is 0 Å². The van der Waals surface area contributed by atoms with Gasteiger partial charge in [-0.25, -0.2) is 9.37 Å². The normalized spacial score (nSPS) is 20.1. The van der Waals surface area contributed by atoms with Gasteiger partial charge in [0.15, 0.2) is 5.78 Å². The minimum absolute atomic E-state index is 0.0114. The molecule has 0 bridgehead atoms. The lowest BCUT2D eigenvalue weighted by Crippen LogP contribution is -2.33. The quantitative estimate of drug-likeness (QED) is 0.639. The molecular weight excluding hydrogens is 349 g/mol. The van der Waals surface area contributed by atoms with E-state index in [4.69, 9.17) is 4.98 Å². The second-order valence-corrected chi connectivity index (χ2v) is 8.84. The summed E-state index contributed by atoms with van der Waals surface area (Å²) < 4.78 is 13.6. The predicted molar refractivity (Wildman–Crippen MR) is 110 cm³/mol. The highest BCUT2D eigenvalue weighted by Gasteiger charge is 2.32. The number of nitrogens with zero attached hydrogens (tertiary/aromatic N) is 1. The molecule has 2 aliphatic carbocycles. The number of pyridine rings is 1. The van der Waals surface area contributed by atoms with Gasteiger partial charge in [-0.2, -0.15) is 0 Å². The van der Waals surface area contributed by atoms with Gasteiger partial charge in [-0.15, -0.1) is 0 Å². The van der Waals surface area contributed by atoms with Crippen LogP contribution in [0.3, 0.4) is 0 Å². The lowest BCUT2D eigenvalue weighted by molar-refractivity contribution is 0.0914. The molecule has 0 saturated carbocycles. The van der Waals surface area contributed by atoms with Crippen molar-refractivity contribution in [2.45, 2.75) is 39.0 Å². The maximum atomic E-state index is 13.6. The zero-order valence-corrected chi connectivity index (χ0v) is 16.1. The lowest BCUT2D eigenvalue weighted by Gasteiger charge is -2.30. The Kier molecular flexibility index (Phi) is 3.77. The van der Waals surface area contributed by atoms with E-state index in [1.807, 2.05) is 12.1 Å². The first-order chi connectivity index (χ1) is 13.4. The molecule has 0 saturated heterocycles. The van der Waals surface area contributed by atoms with E-state index in [0.717, 1.165) is 51.0 Å². The molecule has 0 N–H and O–H groups in total. The van der Waals surface area contributed by atoms with Crippen LogP contribution in [-0.2, 0) is 6.42 Å². The van der Waals surface area contributed by atoms with E-state index < -0.39 is 0 Å². The lowest BCUT2D eigenvalue weighted by atomic mass is 9.73. The van der Waals surface area contributed by atoms with Gasteiger partial charge in [0.1, 0.15) is 5.82 Å². The van der Waals surface area contributed by atoms with Gasteiger partial charge < -0.3 is 0 Å². The largest absolute Gasteiger partial charge is 0.294 e. The molecule has 0 spiro atoms. The SMILES string of the molecule is CC1(C)CC(=O)c2c(ccc3nc4c(cc23)=CCC(c2cccc(F)c2)C=4)C1. The van der Waals surface area contributed by atoms with Crippen LogP contribution in [0.15, 0.2) is 42.5 Å². The van der Waals surface area contributed by atoms with Crippen molar-refractivity contribution >= 4 is 28.8 Å². The van der Waals surface area contributed by atoms with Crippen molar-refractivity contribution in [1.82, 2.24) is 4.98 Å². The van der Waals surface area contributed by atoms with Crippen molar-refractivity contribution in [2.75, 3.05) is 0 Å². The van der Waals surface area contributed by atoms with E-state index in [1.165, 1.54) is 6.07 Å². The Hall–Kier alpha value is -2.81. The van der Waals surface area contributed by atoms with Gasteiger partial charge in [0, 0.05) is 23.3 Å². The third-order valence-electron chi connectivity index (χ3n) is 5.96. The maximum absolute atomic E-state index is 13.6. The number of hydrogen-bond acceptors (Lipinski definition) is 2. The highest BCUT2D eigenvalue weighted by atomic mass is 19.1. The van der Waals surface area contributed by atoms with Crippen molar-refractivity contribution in [3.8, 4) is 0 Å². The zero-order valence-electron chi connectivity index (χ0n) is 16.1. The minimum atomic E-state index is -0.212. The number of carbonyl (C=O) groups is 1. The molecule has 28 heavy (non-hydrogen) atoms. The van der Waals surface area contributed by atoms with Crippen molar-refractivity contribution in [3.63, 3.8) is 0 Å². The summed E-state index contributed by atoms with van der Waals surface area (Å²) in [5, 5.41) is 2.94. The molecule has 1 atom stereocenters. The fourth-order valence-electron chi connectivity index (χ4n) is 4.68. The molecule has 3 heteroatoms. The molecule has 2 aromatic carbocycles. The Morgan fingerprint density at radius 1 is 1.11 bits per heavy atom. The van der Waals surface area contributed by atoms with Crippen molar-refractivity contribution in [1.29, 1.82) is 0 Å². The van der Waals surface area contributed by atoms with E-state index in [0.29, 0.717) is 6.42 Å². The first-order valence-corrected chi connectivity index (χ1v) is 9.83. The number of rotatable bonds is 1. The van der Waals surface area contributed by atoms with Crippen molar-refractivity contribution in [2.24, 2.45) is 5.41 Å². The summed E-state index contributed by atoms with van der Waals surface area (Å²) in [6.45, 7) is 4.30. The van der Waals surface area contributed by atoms with Gasteiger partial charge in [-0.3, -0.25) is 4.79 Å². The molecule has 1 aromatic heterocycles. The second-order valence-electron chi connectivity index (χ2n) is 8.84. The van der Waals surface area contributed by atoms with E-state index in [9.17, 15) is 9.18 Å². The standard InChI is InChI=1S/C25H22FNO/c1-25(2)13-18-8-9-21-20(24(18)23(28)14-25)11-17-7-6-16(12-22(17)27-21)15-4-3-5-19(26)10-15/h3-5,7-12,16H,6,13-14H2,1-2H3. The van der Waals surface area contributed by atoms with E-state index >= 15 is 0 Å². The molecule has 2 nitrogen and oxygen atoms in total. The third-order valence-corrected chi connectivity index (χ3v) is 5.96. The average Bonchev–Trinajstić information content (AvgIpc) is 2.64. The molecule has 0 radical (unpaired) electrons. The van der Waals surface area contributed by atoms with Crippen LogP contribution in [0.1, 0.15) is 54.1 Å². The number of fused-ring (bicyclic) bond motifs is 4. The maximum Gasteiger partial charge on any atom is 0.164 e. The number of carbonyl (C=O) groups excluding carboxylic acids is 1. The molecule has 2 aliphatic rings. The van der Waals surface area contributed by atoms with Crippen LogP contribution in [0.4, 0.5) is 4.39 Å². The molecule has 140 valence electrons. The van der Waals surface area contributed by atoms with Crippen molar-refractivity contribution < 1.29 is 9.18 Å². The molecule has 1 heterocycles. The fourth-order valence-corrected chi connectivity index (χ4v) is 4.68. The van der Waals surface area contributed by atoms with Crippen LogP contribution in [0.25, 0.3) is 23.1 Å². The van der Waals surface area contributed by atoms with Gasteiger partial charge in [0.05, 0.1) is 10.9 Å². The Balaban J connectivity index is 1.67. The van der Waals surface area contributed by atoms with Crippen molar-refractivity contribution in [3.05, 3.63) is 75.5 Å². The summed E-state index contributed by atoms with van der Waals surface area (Å²) in [6, 6.07) is 13.0. The van der Waals surface area contributed by atoms with Gasteiger partial charge in [0.25, 0.3) is 0 Å². The van der Waals surface area contributed by atoms with E-state index in [-0.39, 0.29) is 22.9 Å². The van der Waals surface area contributed by atoms with Crippen LogP contribution in [0.5, 0.6) is 0 Å². The van der Waals surface area contributed by atoms with Crippen LogP contribution in [0, 0.1) is 11.2 Å². The Bertz CT molecular complexity index is 1260. The third kappa shape index (κ3) is 2.86. The number of ketones is 1. The number of hydrogen-bond donors (Lipinski definition) is 0. The van der Waals surface area contributed by atoms with Crippen LogP contribution < -0.4 is 10.6 Å². The smallest absolute Gasteiger partial charge is 0.164 e. The predicted octanol–water partition coefficient (Wildman–Crippen LogP) is 4.28. The number of Topliss-reactive ketones (excluding diaryl/α,β-unsaturated/α-hetero) is 1. The molecular formula is C25H22FNO. The summed E-state index contributed by atoms with van der Waals surface area (Å²) in [4.78, 5) is 17.7. The second kappa shape index (κ2) is 6.10. The van der Waals surface area contributed by atoms with Gasteiger partial charge in [-0.05, 0) is 58.9 Å². The van der Waals surface area contributed by atoms with Gasteiger partial charge >= 0.3 is 0 Å². The first kappa shape index (κ1) is 17.3. The van der Waals surface area contributed by atoms with Crippen LogP contribution in [0.2, 0.25) is 0 Å². The molecule has 3 aromatic rings. The van der Waals surface area contributed by atoms with E-state index in [1.54, 1.807) is 12.1 Å². The monoisotopic (exact) mass is 371 g/mol. The Labute approximate surface area is 163 Å². The average molecular weight is 371 g/mol. The molecule has 0 fully saturated rings. The zero-order chi connectivity index (χ0) is 19.5. The molecule has 0 aliphatic heterocycles. The highest BCUT2D eigenvalue weighted by Crippen LogP contribution is 2.37. The molecule has 5 rings (SSSR count). The Morgan fingerprint density at radius 2 is 1.96 bits per heavy atom. The number of benzene rings is 2. The summed E-state index contributed by atoms with van der Waals surface area (Å²) >= 11 is 0. The highest BCUT2D eigenvalue weighted by molar-refractivity contribution is 6.09.